The van der Waals surface area contributed by atoms with Gasteiger partial charge in [-0.2, -0.15) is 5.26 Å². The Kier molecular flexibility index (Phi) is 4.15. The number of nitrogens with zero attached hydrogens (tertiary/aromatic N) is 2. The minimum absolute atomic E-state index is 0.539. The summed E-state index contributed by atoms with van der Waals surface area (Å²) in [7, 11) is 0. The van der Waals surface area contributed by atoms with Gasteiger partial charge in [-0.3, -0.25) is 0 Å². The zero-order valence-electron chi connectivity index (χ0n) is 11.9. The molecule has 2 nitrogen and oxygen atoms in total. The smallest absolute Gasteiger partial charge is 0.133 e. The Balaban J connectivity index is 2.07. The average Bonchev–Trinajstić information content (AvgIpc) is 2.53. The second-order valence-electron chi connectivity index (χ2n) is 5.15. The van der Waals surface area contributed by atoms with Crippen LogP contribution in [0, 0.1) is 18.3 Å². The molecule has 0 aliphatic rings. The standard InChI is InChI=1S/C18H12BrClN2/c1-11-15-9-14(19)6-7-17(15)22-18(20)16(11)8-12-2-4-13(10-21)5-3-12/h2-7,9H,8H2,1H3. The number of benzene rings is 2. The van der Waals surface area contributed by atoms with Gasteiger partial charge in [0.1, 0.15) is 5.15 Å². The summed E-state index contributed by atoms with van der Waals surface area (Å²) in [6.45, 7) is 2.07. The molecule has 0 N–H and O–H groups in total. The number of rotatable bonds is 2. The first kappa shape index (κ1) is 15.0. The van der Waals surface area contributed by atoms with E-state index in [0.29, 0.717) is 17.1 Å². The van der Waals surface area contributed by atoms with Crippen LogP contribution < -0.4 is 0 Å². The van der Waals surface area contributed by atoms with Crippen LogP contribution in [0.3, 0.4) is 0 Å². The molecule has 2 aromatic carbocycles. The monoisotopic (exact) mass is 370 g/mol. The first-order valence-corrected chi connectivity index (χ1v) is 7.99. The molecule has 0 fully saturated rings. The van der Waals surface area contributed by atoms with Gasteiger partial charge in [-0.05, 0) is 53.9 Å². The molecule has 1 aromatic heterocycles. The normalized spacial score (nSPS) is 10.6. The van der Waals surface area contributed by atoms with E-state index in [9.17, 15) is 0 Å². The molecule has 0 saturated heterocycles. The second kappa shape index (κ2) is 6.08. The fourth-order valence-electron chi connectivity index (χ4n) is 2.50. The lowest BCUT2D eigenvalue weighted by Gasteiger charge is -2.12. The zero-order chi connectivity index (χ0) is 15.7. The van der Waals surface area contributed by atoms with Gasteiger partial charge in [0.15, 0.2) is 0 Å². The molecule has 108 valence electrons. The molecule has 4 heteroatoms. The van der Waals surface area contributed by atoms with Crippen molar-refractivity contribution in [1.29, 1.82) is 5.26 Å². The quantitative estimate of drug-likeness (QED) is 0.564. The molecular formula is C18H12BrClN2. The maximum absolute atomic E-state index is 8.87. The van der Waals surface area contributed by atoms with Crippen molar-refractivity contribution in [1.82, 2.24) is 4.98 Å². The summed E-state index contributed by atoms with van der Waals surface area (Å²) in [5, 5.41) is 10.5. The van der Waals surface area contributed by atoms with Crippen LogP contribution in [0.2, 0.25) is 5.15 Å². The molecule has 0 amide bonds. The van der Waals surface area contributed by atoms with E-state index in [2.05, 4.69) is 40.0 Å². The Morgan fingerprint density at radius 3 is 2.59 bits per heavy atom. The SMILES string of the molecule is Cc1c(Cc2ccc(C#N)cc2)c(Cl)nc2ccc(Br)cc12. The van der Waals surface area contributed by atoms with Crippen molar-refractivity contribution in [3.05, 3.63) is 74.3 Å². The molecule has 1 heterocycles. The fourth-order valence-corrected chi connectivity index (χ4v) is 3.16. The molecule has 0 atom stereocenters. The summed E-state index contributed by atoms with van der Waals surface area (Å²) in [4.78, 5) is 4.50. The number of nitriles is 1. The zero-order valence-corrected chi connectivity index (χ0v) is 14.2. The molecule has 0 aliphatic carbocycles. The van der Waals surface area contributed by atoms with Crippen molar-refractivity contribution >= 4 is 38.4 Å². The molecule has 0 radical (unpaired) electrons. The third kappa shape index (κ3) is 2.85. The lowest BCUT2D eigenvalue weighted by Crippen LogP contribution is -1.97. The van der Waals surface area contributed by atoms with E-state index >= 15 is 0 Å². The van der Waals surface area contributed by atoms with Crippen molar-refractivity contribution in [3.8, 4) is 6.07 Å². The van der Waals surface area contributed by atoms with Gasteiger partial charge in [0, 0.05) is 16.3 Å². The Labute approximate surface area is 142 Å². The molecule has 3 rings (SSSR count). The minimum atomic E-state index is 0.539. The van der Waals surface area contributed by atoms with E-state index in [0.717, 1.165) is 32.1 Å². The van der Waals surface area contributed by atoms with Gasteiger partial charge in [-0.25, -0.2) is 4.98 Å². The fraction of sp³-hybridized carbons (Fsp3) is 0.111. The third-order valence-electron chi connectivity index (χ3n) is 3.75. The predicted octanol–water partition coefficient (Wildman–Crippen LogP) is 5.42. The van der Waals surface area contributed by atoms with Crippen LogP contribution in [0.4, 0.5) is 0 Å². The number of hydrogen-bond acceptors (Lipinski definition) is 2. The second-order valence-corrected chi connectivity index (χ2v) is 6.43. The van der Waals surface area contributed by atoms with Crippen molar-refractivity contribution < 1.29 is 0 Å². The Morgan fingerprint density at radius 2 is 1.91 bits per heavy atom. The summed E-state index contributed by atoms with van der Waals surface area (Å²) in [6.07, 6.45) is 0.700. The Morgan fingerprint density at radius 1 is 1.18 bits per heavy atom. The molecule has 0 aliphatic heterocycles. The summed E-state index contributed by atoms with van der Waals surface area (Å²) in [5.74, 6) is 0. The van der Waals surface area contributed by atoms with Crippen molar-refractivity contribution in [2.45, 2.75) is 13.3 Å². The van der Waals surface area contributed by atoms with Gasteiger partial charge >= 0.3 is 0 Å². The predicted molar refractivity (Wildman–Crippen MR) is 93.2 cm³/mol. The van der Waals surface area contributed by atoms with Gasteiger partial charge in [-0.1, -0.05) is 39.7 Å². The molecule has 0 bridgehead atoms. The topological polar surface area (TPSA) is 36.7 Å². The highest BCUT2D eigenvalue weighted by atomic mass is 79.9. The molecule has 0 spiro atoms. The number of aromatic nitrogens is 1. The molecule has 0 saturated carbocycles. The highest BCUT2D eigenvalue weighted by molar-refractivity contribution is 9.10. The Hall–Kier alpha value is -1.89. The van der Waals surface area contributed by atoms with Crippen LogP contribution in [0.15, 0.2) is 46.9 Å². The van der Waals surface area contributed by atoms with Crippen molar-refractivity contribution in [2.24, 2.45) is 0 Å². The molecule has 3 aromatic rings. The van der Waals surface area contributed by atoms with Crippen molar-refractivity contribution in [2.75, 3.05) is 0 Å². The third-order valence-corrected chi connectivity index (χ3v) is 4.55. The van der Waals surface area contributed by atoms with Crippen molar-refractivity contribution in [3.63, 3.8) is 0 Å². The number of aryl methyl sites for hydroxylation is 1. The van der Waals surface area contributed by atoms with Crippen LogP contribution in [-0.2, 0) is 6.42 Å². The van der Waals surface area contributed by atoms with Crippen LogP contribution in [0.1, 0.15) is 22.3 Å². The van der Waals surface area contributed by atoms with Gasteiger partial charge in [0.2, 0.25) is 0 Å². The minimum Gasteiger partial charge on any atom is -0.236 e. The largest absolute Gasteiger partial charge is 0.236 e. The van der Waals surface area contributed by atoms with Crippen LogP contribution in [0.25, 0.3) is 10.9 Å². The molecule has 22 heavy (non-hydrogen) atoms. The number of pyridine rings is 1. The van der Waals surface area contributed by atoms with Crippen LogP contribution in [0.5, 0.6) is 0 Å². The summed E-state index contributed by atoms with van der Waals surface area (Å²) in [5.41, 5.74) is 4.83. The first-order chi connectivity index (χ1) is 10.6. The average molecular weight is 372 g/mol. The van der Waals surface area contributed by atoms with Gasteiger partial charge in [0.25, 0.3) is 0 Å². The lowest BCUT2D eigenvalue weighted by molar-refractivity contribution is 1.13. The number of fused-ring (bicyclic) bond motifs is 1. The van der Waals surface area contributed by atoms with E-state index in [4.69, 9.17) is 16.9 Å². The first-order valence-electron chi connectivity index (χ1n) is 6.82. The van der Waals surface area contributed by atoms with E-state index in [-0.39, 0.29) is 0 Å². The summed E-state index contributed by atoms with van der Waals surface area (Å²) >= 11 is 9.88. The van der Waals surface area contributed by atoms with E-state index in [1.165, 1.54) is 0 Å². The van der Waals surface area contributed by atoms with E-state index < -0.39 is 0 Å². The van der Waals surface area contributed by atoms with E-state index in [1.807, 2.05) is 36.4 Å². The van der Waals surface area contributed by atoms with Crippen LogP contribution >= 0.6 is 27.5 Å². The van der Waals surface area contributed by atoms with Crippen LogP contribution in [-0.4, -0.2) is 4.98 Å². The Bertz CT molecular complexity index is 896. The molecule has 0 unspecified atom stereocenters. The highest BCUT2D eigenvalue weighted by Crippen LogP contribution is 2.29. The maximum Gasteiger partial charge on any atom is 0.133 e. The molecular weight excluding hydrogens is 360 g/mol. The summed E-state index contributed by atoms with van der Waals surface area (Å²) < 4.78 is 1.02. The van der Waals surface area contributed by atoms with Gasteiger partial charge < -0.3 is 0 Å². The highest BCUT2D eigenvalue weighted by Gasteiger charge is 2.11. The summed E-state index contributed by atoms with van der Waals surface area (Å²) in [6, 6.07) is 15.7. The number of hydrogen-bond donors (Lipinski definition) is 0. The van der Waals surface area contributed by atoms with Gasteiger partial charge in [-0.15, -0.1) is 0 Å². The maximum atomic E-state index is 8.87. The van der Waals surface area contributed by atoms with E-state index in [1.54, 1.807) is 0 Å². The number of halogens is 2. The lowest BCUT2D eigenvalue weighted by atomic mass is 9.98. The van der Waals surface area contributed by atoms with Gasteiger partial charge in [0.05, 0.1) is 17.1 Å².